The smallest absolute Gasteiger partial charge is 0.271 e. The van der Waals surface area contributed by atoms with Gasteiger partial charge in [-0.15, -0.1) is 0 Å². The van der Waals surface area contributed by atoms with Crippen molar-refractivity contribution in [2.45, 2.75) is 19.1 Å². The van der Waals surface area contributed by atoms with Crippen molar-refractivity contribution in [3.8, 4) is 5.75 Å². The average Bonchev–Trinajstić information content (AvgIpc) is 2.77. The van der Waals surface area contributed by atoms with Gasteiger partial charge in [0.1, 0.15) is 11.8 Å². The number of nitrogens with zero attached hydrogens (tertiary/aromatic N) is 1. The second-order valence-corrected chi connectivity index (χ2v) is 7.45. The van der Waals surface area contributed by atoms with Crippen LogP contribution in [0.2, 0.25) is 0 Å². The maximum absolute atomic E-state index is 13.1. The van der Waals surface area contributed by atoms with Gasteiger partial charge in [-0.2, -0.15) is 0 Å². The number of fused-ring (bicyclic) bond motifs is 1. The van der Waals surface area contributed by atoms with Gasteiger partial charge in [0.2, 0.25) is 6.10 Å². The van der Waals surface area contributed by atoms with Gasteiger partial charge >= 0.3 is 0 Å². The zero-order chi connectivity index (χ0) is 19.8. The molecule has 1 fully saturated rings. The number of carbonyl (C=O) groups is 1. The molecule has 4 aromatic carbocycles. The number of aryl methyl sites for hydroxylation is 1. The van der Waals surface area contributed by atoms with Crippen molar-refractivity contribution in [3.63, 3.8) is 0 Å². The minimum absolute atomic E-state index is 0.0177. The molecule has 0 saturated carbocycles. The molecular weight excluding hydrogens is 358 g/mol. The van der Waals surface area contributed by atoms with E-state index in [1.807, 2.05) is 78.6 Å². The summed E-state index contributed by atoms with van der Waals surface area (Å²) in [5, 5.41) is 2.34. The molecule has 0 spiro atoms. The molecule has 1 amide bonds. The lowest BCUT2D eigenvalue weighted by molar-refractivity contribution is -0.135. The molecule has 1 saturated heterocycles. The Balaban J connectivity index is 1.55. The third kappa shape index (κ3) is 3.15. The van der Waals surface area contributed by atoms with E-state index in [2.05, 4.69) is 30.3 Å². The molecule has 0 aliphatic carbocycles. The molecule has 3 heteroatoms. The summed E-state index contributed by atoms with van der Waals surface area (Å²) >= 11 is 0. The van der Waals surface area contributed by atoms with Gasteiger partial charge in [0, 0.05) is 5.69 Å². The summed E-state index contributed by atoms with van der Waals surface area (Å²) in [4.78, 5) is 14.9. The molecule has 142 valence electrons. The van der Waals surface area contributed by atoms with E-state index in [-0.39, 0.29) is 11.9 Å². The van der Waals surface area contributed by atoms with Crippen LogP contribution in [-0.2, 0) is 4.79 Å². The first-order chi connectivity index (χ1) is 14.2. The van der Waals surface area contributed by atoms with E-state index in [1.54, 1.807) is 0 Å². The predicted molar refractivity (Wildman–Crippen MR) is 116 cm³/mol. The van der Waals surface area contributed by atoms with Crippen LogP contribution in [0.25, 0.3) is 10.8 Å². The summed E-state index contributed by atoms with van der Waals surface area (Å²) in [6, 6.07) is 32.1. The highest BCUT2D eigenvalue weighted by atomic mass is 16.5. The predicted octanol–water partition coefficient (Wildman–Crippen LogP) is 5.68. The van der Waals surface area contributed by atoms with Crippen LogP contribution in [0.3, 0.4) is 0 Å². The van der Waals surface area contributed by atoms with Crippen molar-refractivity contribution < 1.29 is 9.53 Å². The van der Waals surface area contributed by atoms with Gasteiger partial charge in [-0.1, -0.05) is 72.3 Å². The van der Waals surface area contributed by atoms with Crippen molar-refractivity contribution >= 4 is 22.4 Å². The van der Waals surface area contributed by atoms with Crippen molar-refractivity contribution in [1.29, 1.82) is 0 Å². The van der Waals surface area contributed by atoms with Crippen molar-refractivity contribution in [3.05, 3.63) is 108 Å². The first kappa shape index (κ1) is 17.5. The van der Waals surface area contributed by atoms with Gasteiger partial charge in [0.15, 0.2) is 0 Å². The molecule has 0 aromatic heterocycles. The Labute approximate surface area is 170 Å². The zero-order valence-corrected chi connectivity index (χ0v) is 16.2. The molecule has 1 aliphatic heterocycles. The number of anilines is 1. The van der Waals surface area contributed by atoms with E-state index < -0.39 is 6.10 Å². The first-order valence-corrected chi connectivity index (χ1v) is 9.81. The zero-order valence-electron chi connectivity index (χ0n) is 16.2. The van der Waals surface area contributed by atoms with Crippen LogP contribution in [-0.4, -0.2) is 12.0 Å². The summed E-state index contributed by atoms with van der Waals surface area (Å²) in [6.07, 6.45) is -0.542. The molecule has 0 bridgehead atoms. The molecule has 3 nitrogen and oxygen atoms in total. The van der Waals surface area contributed by atoms with Gasteiger partial charge in [-0.25, -0.2) is 0 Å². The fourth-order valence-corrected chi connectivity index (χ4v) is 3.93. The van der Waals surface area contributed by atoms with E-state index >= 15 is 0 Å². The largest absolute Gasteiger partial charge is 0.478 e. The van der Waals surface area contributed by atoms with Crippen LogP contribution in [0.5, 0.6) is 5.75 Å². The highest BCUT2D eigenvalue weighted by molar-refractivity contribution is 6.05. The third-order valence-electron chi connectivity index (χ3n) is 5.48. The van der Waals surface area contributed by atoms with E-state index in [0.717, 1.165) is 16.6 Å². The Bertz CT molecular complexity index is 1170. The molecule has 29 heavy (non-hydrogen) atoms. The number of amides is 1. The third-order valence-corrected chi connectivity index (χ3v) is 5.48. The van der Waals surface area contributed by atoms with Crippen molar-refractivity contribution in [2.75, 3.05) is 4.90 Å². The van der Waals surface area contributed by atoms with Crippen LogP contribution in [0.1, 0.15) is 17.2 Å². The number of carbonyl (C=O) groups excluding carboxylic acids is 1. The monoisotopic (exact) mass is 379 g/mol. The highest BCUT2D eigenvalue weighted by Gasteiger charge is 2.51. The lowest BCUT2D eigenvalue weighted by Gasteiger charge is -2.46. The van der Waals surface area contributed by atoms with Gasteiger partial charge in [0.25, 0.3) is 5.91 Å². The Morgan fingerprint density at radius 3 is 2.21 bits per heavy atom. The maximum Gasteiger partial charge on any atom is 0.271 e. The fraction of sp³-hybridized carbons (Fsp3) is 0.115. The fourth-order valence-electron chi connectivity index (χ4n) is 3.93. The number of para-hydroxylation sites is 1. The molecule has 1 heterocycles. The van der Waals surface area contributed by atoms with Crippen LogP contribution in [0.15, 0.2) is 97.1 Å². The topological polar surface area (TPSA) is 29.5 Å². The maximum atomic E-state index is 13.1. The Hall–Kier alpha value is -3.59. The highest BCUT2D eigenvalue weighted by Crippen LogP contribution is 2.42. The average molecular weight is 379 g/mol. The van der Waals surface area contributed by atoms with Crippen molar-refractivity contribution in [1.82, 2.24) is 0 Å². The number of ether oxygens (including phenoxy) is 1. The van der Waals surface area contributed by atoms with Crippen LogP contribution >= 0.6 is 0 Å². The minimum Gasteiger partial charge on any atom is -0.478 e. The van der Waals surface area contributed by atoms with Crippen LogP contribution in [0, 0.1) is 6.92 Å². The Morgan fingerprint density at radius 2 is 1.45 bits per heavy atom. The van der Waals surface area contributed by atoms with Gasteiger partial charge in [-0.3, -0.25) is 9.69 Å². The Morgan fingerprint density at radius 1 is 0.759 bits per heavy atom. The van der Waals surface area contributed by atoms with E-state index in [4.69, 9.17) is 4.74 Å². The number of rotatable bonds is 4. The quantitative estimate of drug-likeness (QED) is 0.427. The number of hydrogen-bond donors (Lipinski definition) is 0. The van der Waals surface area contributed by atoms with E-state index in [0.29, 0.717) is 5.75 Å². The summed E-state index contributed by atoms with van der Waals surface area (Å²) in [7, 11) is 0. The minimum atomic E-state index is -0.542. The molecule has 1 aliphatic rings. The van der Waals surface area contributed by atoms with E-state index in [9.17, 15) is 4.79 Å². The van der Waals surface area contributed by atoms with Gasteiger partial charge < -0.3 is 4.74 Å². The molecule has 0 N–H and O–H groups in total. The van der Waals surface area contributed by atoms with Crippen LogP contribution < -0.4 is 9.64 Å². The van der Waals surface area contributed by atoms with Crippen LogP contribution in [0.4, 0.5) is 5.69 Å². The van der Waals surface area contributed by atoms with Gasteiger partial charge in [-0.05, 0) is 53.6 Å². The molecule has 2 unspecified atom stereocenters. The SMILES string of the molecule is Cc1ccc(N2C(=O)C(Oc3ccccc3)C2c2ccc3ccccc3c2)cc1. The summed E-state index contributed by atoms with van der Waals surface area (Å²) in [5.74, 6) is 0.691. The summed E-state index contributed by atoms with van der Waals surface area (Å²) in [5.41, 5.74) is 3.14. The lowest BCUT2D eigenvalue weighted by atomic mass is 9.88. The number of benzene rings is 4. The standard InChI is InChI=1S/C26H21NO2/c1-18-11-15-22(16-12-18)27-24(21-14-13-19-7-5-6-8-20(19)17-21)25(26(27)28)29-23-9-3-2-4-10-23/h2-17,24-25H,1H3. The Kier molecular flexibility index (Phi) is 4.28. The normalized spacial score (nSPS) is 18.5. The number of β-lactam (4-membered cyclic amide) rings is 1. The molecule has 0 radical (unpaired) electrons. The number of hydrogen-bond acceptors (Lipinski definition) is 2. The second-order valence-electron chi connectivity index (χ2n) is 7.45. The first-order valence-electron chi connectivity index (χ1n) is 9.81. The van der Waals surface area contributed by atoms with E-state index in [1.165, 1.54) is 10.9 Å². The van der Waals surface area contributed by atoms with Gasteiger partial charge in [0.05, 0.1) is 0 Å². The second kappa shape index (κ2) is 7.10. The van der Waals surface area contributed by atoms with Crippen molar-refractivity contribution in [2.24, 2.45) is 0 Å². The summed E-state index contributed by atoms with van der Waals surface area (Å²) < 4.78 is 6.13. The molecule has 2 atom stereocenters. The molecule has 5 rings (SSSR count). The molecular formula is C26H21NO2. The summed E-state index contributed by atoms with van der Waals surface area (Å²) in [6.45, 7) is 2.05. The lowest BCUT2D eigenvalue weighted by Crippen LogP contribution is -2.61. The molecule has 4 aromatic rings.